The SMILES string of the molecule is Cc1csc(NN=Cc2cccc(C)c2C)n1. The maximum absolute atomic E-state index is 4.28. The molecule has 0 saturated heterocycles. The monoisotopic (exact) mass is 245 g/mol. The van der Waals surface area contributed by atoms with Gasteiger partial charge in [0.1, 0.15) is 0 Å². The smallest absolute Gasteiger partial charge is 0.203 e. The number of hydrogen-bond donors (Lipinski definition) is 1. The summed E-state index contributed by atoms with van der Waals surface area (Å²) < 4.78 is 0. The van der Waals surface area contributed by atoms with E-state index in [1.165, 1.54) is 11.1 Å². The summed E-state index contributed by atoms with van der Waals surface area (Å²) >= 11 is 1.56. The predicted octanol–water partition coefficient (Wildman–Crippen LogP) is 3.51. The average molecular weight is 245 g/mol. The lowest BCUT2D eigenvalue weighted by molar-refractivity contribution is 1.22. The number of anilines is 1. The number of aromatic nitrogens is 1. The summed E-state index contributed by atoms with van der Waals surface area (Å²) in [6, 6.07) is 6.20. The van der Waals surface area contributed by atoms with Crippen LogP contribution in [0.3, 0.4) is 0 Å². The normalized spacial score (nSPS) is 11.0. The van der Waals surface area contributed by atoms with E-state index in [0.29, 0.717) is 0 Å². The zero-order chi connectivity index (χ0) is 12.3. The zero-order valence-corrected chi connectivity index (χ0v) is 11.0. The molecule has 1 aromatic heterocycles. The first kappa shape index (κ1) is 11.8. The van der Waals surface area contributed by atoms with Crippen LogP contribution >= 0.6 is 11.3 Å². The molecule has 0 radical (unpaired) electrons. The Balaban J connectivity index is 2.08. The second-order valence-corrected chi connectivity index (χ2v) is 4.81. The first-order valence-electron chi connectivity index (χ1n) is 5.44. The highest BCUT2D eigenvalue weighted by molar-refractivity contribution is 7.13. The highest BCUT2D eigenvalue weighted by Gasteiger charge is 1.98. The van der Waals surface area contributed by atoms with Gasteiger partial charge in [-0.3, -0.25) is 5.43 Å². The van der Waals surface area contributed by atoms with Gasteiger partial charge < -0.3 is 0 Å². The minimum atomic E-state index is 0.823. The molecule has 17 heavy (non-hydrogen) atoms. The molecule has 1 aromatic carbocycles. The maximum Gasteiger partial charge on any atom is 0.203 e. The van der Waals surface area contributed by atoms with Crippen LogP contribution in [0.25, 0.3) is 0 Å². The number of nitrogens with one attached hydrogen (secondary N) is 1. The summed E-state index contributed by atoms with van der Waals surface area (Å²) in [4.78, 5) is 4.28. The Bertz CT molecular complexity index is 543. The standard InChI is InChI=1S/C13H15N3S/c1-9-5-4-6-12(11(9)3)7-14-16-13-15-10(2)8-17-13/h4-8H,1-3H3,(H,15,16). The van der Waals surface area contributed by atoms with Gasteiger partial charge in [-0.1, -0.05) is 18.2 Å². The number of aryl methyl sites for hydroxylation is 2. The van der Waals surface area contributed by atoms with Gasteiger partial charge in [-0.2, -0.15) is 5.10 Å². The van der Waals surface area contributed by atoms with Crippen LogP contribution in [0.1, 0.15) is 22.4 Å². The van der Waals surface area contributed by atoms with E-state index in [0.717, 1.165) is 16.4 Å². The van der Waals surface area contributed by atoms with Crippen molar-refractivity contribution in [3.8, 4) is 0 Å². The van der Waals surface area contributed by atoms with Gasteiger partial charge in [0.15, 0.2) is 0 Å². The Hall–Kier alpha value is -1.68. The van der Waals surface area contributed by atoms with Crippen molar-refractivity contribution >= 4 is 22.7 Å². The second kappa shape index (κ2) is 5.10. The van der Waals surface area contributed by atoms with Crippen LogP contribution in [-0.2, 0) is 0 Å². The molecule has 0 aliphatic heterocycles. The van der Waals surface area contributed by atoms with Crippen molar-refractivity contribution in [2.75, 3.05) is 5.43 Å². The molecule has 0 aliphatic carbocycles. The number of rotatable bonds is 3. The quantitative estimate of drug-likeness (QED) is 0.663. The minimum Gasteiger partial charge on any atom is -0.253 e. The molecule has 88 valence electrons. The molecule has 0 aliphatic rings. The van der Waals surface area contributed by atoms with Crippen molar-refractivity contribution < 1.29 is 0 Å². The van der Waals surface area contributed by atoms with E-state index in [9.17, 15) is 0 Å². The summed E-state index contributed by atoms with van der Waals surface area (Å²) in [6.45, 7) is 6.17. The summed E-state index contributed by atoms with van der Waals surface area (Å²) in [5, 5.41) is 7.02. The van der Waals surface area contributed by atoms with E-state index in [2.05, 4.69) is 41.5 Å². The largest absolute Gasteiger partial charge is 0.253 e. The van der Waals surface area contributed by atoms with Crippen molar-refractivity contribution in [1.82, 2.24) is 4.98 Å². The van der Waals surface area contributed by atoms with E-state index >= 15 is 0 Å². The molecular weight excluding hydrogens is 230 g/mol. The van der Waals surface area contributed by atoms with Crippen LogP contribution in [0.4, 0.5) is 5.13 Å². The lowest BCUT2D eigenvalue weighted by Crippen LogP contribution is -1.93. The van der Waals surface area contributed by atoms with Gasteiger partial charge in [-0.05, 0) is 37.5 Å². The molecule has 0 amide bonds. The van der Waals surface area contributed by atoms with Crippen molar-refractivity contribution in [3.05, 3.63) is 46.0 Å². The highest BCUT2D eigenvalue weighted by Crippen LogP contribution is 2.14. The number of benzene rings is 1. The third-order valence-electron chi connectivity index (χ3n) is 2.63. The first-order valence-corrected chi connectivity index (χ1v) is 6.32. The molecule has 0 bridgehead atoms. The molecule has 2 aromatic rings. The van der Waals surface area contributed by atoms with Gasteiger partial charge in [0.2, 0.25) is 5.13 Å². The molecule has 0 fully saturated rings. The Kier molecular flexibility index (Phi) is 3.54. The highest BCUT2D eigenvalue weighted by atomic mass is 32.1. The molecular formula is C13H15N3S. The molecule has 1 N–H and O–H groups in total. The summed E-state index contributed by atoms with van der Waals surface area (Å²) in [5.41, 5.74) is 7.62. The van der Waals surface area contributed by atoms with Gasteiger partial charge in [0.25, 0.3) is 0 Å². The molecule has 3 nitrogen and oxygen atoms in total. The van der Waals surface area contributed by atoms with Crippen molar-refractivity contribution in [2.45, 2.75) is 20.8 Å². The zero-order valence-electron chi connectivity index (χ0n) is 10.2. The lowest BCUT2D eigenvalue weighted by Gasteiger charge is -2.02. The predicted molar refractivity (Wildman–Crippen MR) is 74.0 cm³/mol. The number of hydrogen-bond acceptors (Lipinski definition) is 4. The number of hydrazone groups is 1. The van der Waals surface area contributed by atoms with Gasteiger partial charge in [0.05, 0.1) is 11.9 Å². The Labute approximate surface area is 105 Å². The molecule has 0 atom stereocenters. The molecule has 4 heteroatoms. The summed E-state index contributed by atoms with van der Waals surface area (Å²) in [5.74, 6) is 0. The van der Waals surface area contributed by atoms with Crippen LogP contribution in [0.5, 0.6) is 0 Å². The molecule has 0 spiro atoms. The van der Waals surface area contributed by atoms with E-state index < -0.39 is 0 Å². The van der Waals surface area contributed by atoms with Gasteiger partial charge in [-0.25, -0.2) is 4.98 Å². The fourth-order valence-corrected chi connectivity index (χ4v) is 2.11. The Morgan fingerprint density at radius 1 is 1.29 bits per heavy atom. The number of thiazole rings is 1. The second-order valence-electron chi connectivity index (χ2n) is 3.95. The van der Waals surface area contributed by atoms with Gasteiger partial charge >= 0.3 is 0 Å². The van der Waals surface area contributed by atoms with E-state index in [-0.39, 0.29) is 0 Å². The van der Waals surface area contributed by atoms with Gasteiger partial charge in [-0.15, -0.1) is 11.3 Å². The summed E-state index contributed by atoms with van der Waals surface area (Å²) in [6.07, 6.45) is 1.83. The van der Waals surface area contributed by atoms with Crippen LogP contribution < -0.4 is 5.43 Å². The van der Waals surface area contributed by atoms with Crippen molar-refractivity contribution in [1.29, 1.82) is 0 Å². The van der Waals surface area contributed by atoms with Crippen LogP contribution in [-0.4, -0.2) is 11.2 Å². The van der Waals surface area contributed by atoms with Crippen LogP contribution in [0, 0.1) is 20.8 Å². The van der Waals surface area contributed by atoms with E-state index in [1.807, 2.05) is 24.6 Å². The maximum atomic E-state index is 4.28. The lowest BCUT2D eigenvalue weighted by atomic mass is 10.0. The topological polar surface area (TPSA) is 37.3 Å². The fraction of sp³-hybridized carbons (Fsp3) is 0.231. The Morgan fingerprint density at radius 3 is 2.82 bits per heavy atom. The Morgan fingerprint density at radius 2 is 2.12 bits per heavy atom. The number of nitrogens with zero attached hydrogens (tertiary/aromatic N) is 2. The van der Waals surface area contributed by atoms with Crippen molar-refractivity contribution in [3.63, 3.8) is 0 Å². The average Bonchev–Trinajstić information content (AvgIpc) is 2.70. The van der Waals surface area contributed by atoms with Crippen LogP contribution in [0.2, 0.25) is 0 Å². The molecule has 0 unspecified atom stereocenters. The third kappa shape index (κ3) is 2.91. The van der Waals surface area contributed by atoms with Crippen LogP contribution in [0.15, 0.2) is 28.7 Å². The fourth-order valence-electron chi connectivity index (χ4n) is 1.48. The van der Waals surface area contributed by atoms with E-state index in [4.69, 9.17) is 0 Å². The first-order chi connectivity index (χ1) is 8.16. The van der Waals surface area contributed by atoms with E-state index in [1.54, 1.807) is 11.3 Å². The minimum absolute atomic E-state index is 0.823. The molecule has 0 saturated carbocycles. The molecule has 2 rings (SSSR count). The van der Waals surface area contributed by atoms with Gasteiger partial charge in [0, 0.05) is 5.38 Å². The van der Waals surface area contributed by atoms with Crippen molar-refractivity contribution in [2.24, 2.45) is 5.10 Å². The molecule has 1 heterocycles. The summed E-state index contributed by atoms with van der Waals surface area (Å²) in [7, 11) is 0. The third-order valence-corrected chi connectivity index (χ3v) is 3.49.